The molecule has 0 fully saturated rings. The summed E-state index contributed by atoms with van der Waals surface area (Å²) in [7, 11) is 1.69. The van der Waals surface area contributed by atoms with Crippen molar-refractivity contribution in [2.75, 3.05) is 12.4 Å². The molecule has 0 saturated carbocycles. The van der Waals surface area contributed by atoms with Gasteiger partial charge in [-0.3, -0.25) is 0 Å². The van der Waals surface area contributed by atoms with Crippen molar-refractivity contribution in [1.29, 1.82) is 0 Å². The van der Waals surface area contributed by atoms with Crippen molar-refractivity contribution in [2.45, 2.75) is 6.54 Å². The van der Waals surface area contributed by atoms with Crippen LogP contribution in [0.3, 0.4) is 0 Å². The van der Waals surface area contributed by atoms with Gasteiger partial charge in [-0.05, 0) is 24.3 Å². The van der Waals surface area contributed by atoms with Crippen LogP contribution in [0, 0.1) is 0 Å². The number of rotatable bonds is 5. The van der Waals surface area contributed by atoms with Crippen LogP contribution in [0.25, 0.3) is 5.69 Å². The van der Waals surface area contributed by atoms with Crippen molar-refractivity contribution in [2.24, 2.45) is 0 Å². The number of methoxy groups -OCH3 is 1. The molecule has 3 aromatic rings. The molecular weight excluding hydrogens is 262 g/mol. The van der Waals surface area contributed by atoms with Gasteiger partial charge in [0.15, 0.2) is 0 Å². The van der Waals surface area contributed by atoms with Crippen LogP contribution in [0.1, 0.15) is 5.56 Å². The van der Waals surface area contributed by atoms with E-state index in [9.17, 15) is 0 Å². The highest BCUT2D eigenvalue weighted by Gasteiger charge is 2.06. The molecule has 0 saturated heterocycles. The smallest absolute Gasteiger partial charge is 0.123 e. The molecule has 0 bridgehead atoms. The predicted octanol–water partition coefficient (Wildman–Crippen LogP) is 3.49. The quantitative estimate of drug-likeness (QED) is 0.777. The second kappa shape index (κ2) is 6.13. The average molecular weight is 279 g/mol. The molecule has 0 aliphatic rings. The van der Waals surface area contributed by atoms with E-state index in [1.54, 1.807) is 13.3 Å². The van der Waals surface area contributed by atoms with Gasteiger partial charge >= 0.3 is 0 Å². The third-order valence-corrected chi connectivity index (χ3v) is 3.32. The summed E-state index contributed by atoms with van der Waals surface area (Å²) < 4.78 is 7.23. The van der Waals surface area contributed by atoms with Crippen LogP contribution in [-0.2, 0) is 6.54 Å². The van der Waals surface area contributed by atoms with Gasteiger partial charge in [-0.1, -0.05) is 30.3 Å². The number of anilines is 1. The summed E-state index contributed by atoms with van der Waals surface area (Å²) in [6, 6.07) is 18.0. The van der Waals surface area contributed by atoms with Crippen molar-refractivity contribution in [3.63, 3.8) is 0 Å². The molecule has 4 nitrogen and oxygen atoms in total. The van der Waals surface area contributed by atoms with Crippen LogP contribution >= 0.6 is 0 Å². The molecule has 3 rings (SSSR count). The fourth-order valence-electron chi connectivity index (χ4n) is 2.27. The molecule has 0 atom stereocenters. The van der Waals surface area contributed by atoms with Crippen molar-refractivity contribution in [1.82, 2.24) is 9.78 Å². The molecule has 0 radical (unpaired) electrons. The van der Waals surface area contributed by atoms with Crippen molar-refractivity contribution >= 4 is 5.69 Å². The van der Waals surface area contributed by atoms with Gasteiger partial charge in [0.1, 0.15) is 5.75 Å². The van der Waals surface area contributed by atoms with Crippen LogP contribution in [0.4, 0.5) is 5.69 Å². The second-order valence-electron chi connectivity index (χ2n) is 4.63. The third-order valence-electron chi connectivity index (χ3n) is 3.32. The lowest BCUT2D eigenvalue weighted by molar-refractivity contribution is 0.410. The minimum absolute atomic E-state index is 0.697. The predicted molar refractivity (Wildman–Crippen MR) is 83.9 cm³/mol. The number of nitrogens with zero attached hydrogens (tertiary/aromatic N) is 2. The van der Waals surface area contributed by atoms with Crippen molar-refractivity contribution in [3.05, 3.63) is 72.6 Å². The molecule has 4 heteroatoms. The summed E-state index contributed by atoms with van der Waals surface area (Å²) in [4.78, 5) is 0. The maximum atomic E-state index is 5.38. The van der Waals surface area contributed by atoms with Gasteiger partial charge in [0.2, 0.25) is 0 Å². The lowest BCUT2D eigenvalue weighted by Crippen LogP contribution is -2.05. The summed E-state index contributed by atoms with van der Waals surface area (Å²) in [5, 5.41) is 7.74. The minimum Gasteiger partial charge on any atom is -0.496 e. The number of nitrogens with one attached hydrogen (secondary N) is 1. The Morgan fingerprint density at radius 3 is 2.67 bits per heavy atom. The zero-order valence-electron chi connectivity index (χ0n) is 11.9. The molecule has 2 aromatic carbocycles. The largest absolute Gasteiger partial charge is 0.496 e. The van der Waals surface area contributed by atoms with E-state index >= 15 is 0 Å². The van der Waals surface area contributed by atoms with E-state index < -0.39 is 0 Å². The normalized spacial score (nSPS) is 10.3. The van der Waals surface area contributed by atoms with Gasteiger partial charge in [-0.25, -0.2) is 4.68 Å². The highest BCUT2D eigenvalue weighted by atomic mass is 16.5. The monoisotopic (exact) mass is 279 g/mol. The van der Waals surface area contributed by atoms with E-state index in [1.165, 1.54) is 0 Å². The minimum atomic E-state index is 0.697. The molecule has 0 amide bonds. The van der Waals surface area contributed by atoms with Crippen molar-refractivity contribution < 1.29 is 4.74 Å². The molecule has 0 spiro atoms. The van der Waals surface area contributed by atoms with E-state index in [4.69, 9.17) is 4.74 Å². The lowest BCUT2D eigenvalue weighted by atomic mass is 10.2. The number of hydrogen-bond acceptors (Lipinski definition) is 3. The topological polar surface area (TPSA) is 39.1 Å². The fourth-order valence-corrected chi connectivity index (χ4v) is 2.27. The molecule has 1 N–H and O–H groups in total. The lowest BCUT2D eigenvalue weighted by Gasteiger charge is -2.13. The Labute approximate surface area is 124 Å². The summed E-state index contributed by atoms with van der Waals surface area (Å²) in [6.45, 7) is 0.697. The van der Waals surface area contributed by atoms with E-state index in [0.29, 0.717) is 6.54 Å². The highest BCUT2D eigenvalue weighted by Crippen LogP contribution is 2.22. The Balaban J connectivity index is 1.83. The summed E-state index contributed by atoms with van der Waals surface area (Å²) in [6.07, 6.45) is 3.71. The first-order valence-electron chi connectivity index (χ1n) is 6.83. The first-order valence-corrected chi connectivity index (χ1v) is 6.83. The van der Waals surface area contributed by atoms with E-state index in [-0.39, 0.29) is 0 Å². The molecule has 21 heavy (non-hydrogen) atoms. The fraction of sp³-hybridized carbons (Fsp3) is 0.118. The molecule has 0 unspecified atom stereocenters. The highest BCUT2D eigenvalue weighted by molar-refractivity contribution is 5.61. The SMILES string of the molecule is COc1ccccc1CNc1ccccc1-n1cccn1. The third kappa shape index (κ3) is 2.89. The maximum absolute atomic E-state index is 5.38. The molecule has 106 valence electrons. The summed E-state index contributed by atoms with van der Waals surface area (Å²) >= 11 is 0. The van der Waals surface area contributed by atoms with Gasteiger partial charge in [-0.15, -0.1) is 0 Å². The van der Waals surface area contributed by atoms with Gasteiger partial charge in [0.05, 0.1) is 18.5 Å². The molecule has 0 aliphatic heterocycles. The molecular formula is C17H17N3O. The van der Waals surface area contributed by atoms with Crippen molar-refractivity contribution in [3.8, 4) is 11.4 Å². The number of aromatic nitrogens is 2. The van der Waals surface area contributed by atoms with E-state index in [1.807, 2.05) is 59.4 Å². The van der Waals surface area contributed by atoms with Crippen LogP contribution in [0.5, 0.6) is 5.75 Å². The zero-order valence-corrected chi connectivity index (χ0v) is 11.9. The molecule has 0 aliphatic carbocycles. The van der Waals surface area contributed by atoms with Gasteiger partial charge in [0, 0.05) is 24.5 Å². The Morgan fingerprint density at radius 1 is 1.05 bits per heavy atom. The first kappa shape index (κ1) is 13.2. The average Bonchev–Trinajstić information content (AvgIpc) is 3.08. The first-order chi connectivity index (χ1) is 10.4. The number of para-hydroxylation sites is 3. The van der Waals surface area contributed by atoms with Crippen LogP contribution in [0.2, 0.25) is 0 Å². The number of ether oxygens (including phenoxy) is 1. The van der Waals surface area contributed by atoms with Gasteiger partial charge in [0.25, 0.3) is 0 Å². The maximum Gasteiger partial charge on any atom is 0.123 e. The van der Waals surface area contributed by atoms with Gasteiger partial charge in [-0.2, -0.15) is 5.10 Å². The summed E-state index contributed by atoms with van der Waals surface area (Å²) in [5.41, 5.74) is 3.18. The van der Waals surface area contributed by atoms with E-state index in [2.05, 4.69) is 16.5 Å². The Kier molecular flexibility index (Phi) is 3.87. The summed E-state index contributed by atoms with van der Waals surface area (Å²) in [5.74, 6) is 0.890. The molecule has 1 aromatic heterocycles. The number of benzene rings is 2. The Morgan fingerprint density at radius 2 is 1.86 bits per heavy atom. The Hall–Kier alpha value is -2.75. The van der Waals surface area contributed by atoms with E-state index in [0.717, 1.165) is 22.7 Å². The standard InChI is InChI=1S/C17H17N3O/c1-21-17-10-5-2-7-14(17)13-18-15-8-3-4-9-16(15)20-12-6-11-19-20/h2-12,18H,13H2,1H3. The number of hydrogen-bond donors (Lipinski definition) is 1. The second-order valence-corrected chi connectivity index (χ2v) is 4.63. The molecule has 1 heterocycles. The Bertz CT molecular complexity index is 708. The van der Waals surface area contributed by atoms with Crippen LogP contribution in [-0.4, -0.2) is 16.9 Å². The van der Waals surface area contributed by atoms with Gasteiger partial charge < -0.3 is 10.1 Å². The van der Waals surface area contributed by atoms with Crippen LogP contribution in [0.15, 0.2) is 67.0 Å². The van der Waals surface area contributed by atoms with Crippen LogP contribution < -0.4 is 10.1 Å². The zero-order chi connectivity index (χ0) is 14.5.